The van der Waals surface area contributed by atoms with Gasteiger partial charge in [0.05, 0.1) is 5.92 Å². The van der Waals surface area contributed by atoms with E-state index in [0.717, 1.165) is 11.1 Å². The van der Waals surface area contributed by atoms with Crippen molar-refractivity contribution < 1.29 is 14.0 Å². The average molecular weight is 335 g/mol. The first-order chi connectivity index (χ1) is 12.0. The van der Waals surface area contributed by atoms with E-state index in [9.17, 15) is 9.59 Å². The van der Waals surface area contributed by atoms with Crippen molar-refractivity contribution in [2.75, 3.05) is 11.4 Å². The topological polar surface area (TPSA) is 89.4 Å². The van der Waals surface area contributed by atoms with Crippen LogP contribution in [0.2, 0.25) is 0 Å². The summed E-state index contributed by atoms with van der Waals surface area (Å²) < 4.78 is 5.85. The molecule has 0 bridgehead atoms. The predicted molar refractivity (Wildman–Crippen MR) is 93.8 cm³/mol. The number of benzene rings is 2. The van der Waals surface area contributed by atoms with Gasteiger partial charge >= 0.3 is 0 Å². The summed E-state index contributed by atoms with van der Waals surface area (Å²) in [6.07, 6.45) is 0.153. The number of nitrogens with zero attached hydrogens (tertiary/aromatic N) is 2. The second-order valence-electron chi connectivity index (χ2n) is 6.29. The van der Waals surface area contributed by atoms with Gasteiger partial charge in [-0.3, -0.25) is 9.59 Å². The van der Waals surface area contributed by atoms with Crippen molar-refractivity contribution >= 4 is 28.6 Å². The molecule has 3 aromatic rings. The van der Waals surface area contributed by atoms with Gasteiger partial charge < -0.3 is 15.1 Å². The maximum absolute atomic E-state index is 12.2. The molecule has 2 aromatic carbocycles. The molecule has 1 atom stereocenters. The predicted octanol–water partition coefficient (Wildman–Crippen LogP) is 2.64. The lowest BCUT2D eigenvalue weighted by Crippen LogP contribution is -2.28. The van der Waals surface area contributed by atoms with Crippen LogP contribution in [0.5, 0.6) is 0 Å². The van der Waals surface area contributed by atoms with E-state index in [1.165, 1.54) is 0 Å². The van der Waals surface area contributed by atoms with Crippen LogP contribution in [-0.4, -0.2) is 23.3 Å². The van der Waals surface area contributed by atoms with Crippen LogP contribution in [-0.2, 0) is 9.59 Å². The van der Waals surface area contributed by atoms with E-state index in [0.29, 0.717) is 29.2 Å². The number of carbonyl (C=O) groups excluding carboxylic acids is 2. The molecule has 6 nitrogen and oxygen atoms in total. The van der Waals surface area contributed by atoms with Crippen molar-refractivity contribution in [3.63, 3.8) is 0 Å². The number of oxazole rings is 1. The zero-order chi connectivity index (χ0) is 17.6. The Morgan fingerprint density at radius 1 is 1.28 bits per heavy atom. The molecule has 0 radical (unpaired) electrons. The van der Waals surface area contributed by atoms with Crippen LogP contribution in [0.4, 0.5) is 5.69 Å². The molecule has 25 heavy (non-hydrogen) atoms. The number of hydrogen-bond acceptors (Lipinski definition) is 4. The van der Waals surface area contributed by atoms with Gasteiger partial charge in [-0.2, -0.15) is 0 Å². The van der Waals surface area contributed by atoms with Crippen molar-refractivity contribution in [1.82, 2.24) is 4.98 Å². The third-order valence-corrected chi connectivity index (χ3v) is 4.59. The number of aryl methyl sites for hydroxylation is 1. The van der Waals surface area contributed by atoms with Gasteiger partial charge in [-0.1, -0.05) is 18.2 Å². The summed E-state index contributed by atoms with van der Waals surface area (Å²) in [5, 5.41) is 0. The smallest absolute Gasteiger partial charge is 0.227 e. The summed E-state index contributed by atoms with van der Waals surface area (Å²) in [7, 11) is 0. The first-order valence-corrected chi connectivity index (χ1v) is 8.09. The number of carbonyl (C=O) groups is 2. The fourth-order valence-corrected chi connectivity index (χ4v) is 3.16. The number of aromatic nitrogens is 1. The van der Waals surface area contributed by atoms with Crippen molar-refractivity contribution in [2.45, 2.75) is 13.3 Å². The highest BCUT2D eigenvalue weighted by Gasteiger charge is 2.34. The van der Waals surface area contributed by atoms with Crippen LogP contribution in [0.1, 0.15) is 12.0 Å². The number of primary amides is 1. The van der Waals surface area contributed by atoms with E-state index in [4.69, 9.17) is 10.2 Å². The van der Waals surface area contributed by atoms with Gasteiger partial charge in [0, 0.05) is 24.2 Å². The highest BCUT2D eigenvalue weighted by atomic mass is 16.3. The van der Waals surface area contributed by atoms with E-state index in [1.807, 2.05) is 37.3 Å². The van der Waals surface area contributed by atoms with Crippen LogP contribution in [0, 0.1) is 12.8 Å². The maximum Gasteiger partial charge on any atom is 0.227 e. The van der Waals surface area contributed by atoms with E-state index in [1.54, 1.807) is 17.0 Å². The van der Waals surface area contributed by atoms with Crippen molar-refractivity contribution in [3.8, 4) is 11.5 Å². The Bertz CT molecular complexity index is 992. The second kappa shape index (κ2) is 5.73. The van der Waals surface area contributed by atoms with Crippen molar-refractivity contribution in [2.24, 2.45) is 11.7 Å². The summed E-state index contributed by atoms with van der Waals surface area (Å²) in [6.45, 7) is 2.31. The minimum Gasteiger partial charge on any atom is -0.436 e. The average Bonchev–Trinajstić information content (AvgIpc) is 3.18. The van der Waals surface area contributed by atoms with Crippen LogP contribution in [0.25, 0.3) is 22.6 Å². The Kier molecular flexibility index (Phi) is 3.53. The van der Waals surface area contributed by atoms with Gasteiger partial charge in [0.15, 0.2) is 5.58 Å². The molecular formula is C19H17N3O3. The summed E-state index contributed by atoms with van der Waals surface area (Å²) in [6, 6.07) is 13.3. The molecule has 0 unspecified atom stereocenters. The van der Waals surface area contributed by atoms with E-state index in [2.05, 4.69) is 4.98 Å². The zero-order valence-corrected chi connectivity index (χ0v) is 13.7. The van der Waals surface area contributed by atoms with Gasteiger partial charge in [0.1, 0.15) is 5.52 Å². The van der Waals surface area contributed by atoms with Crippen LogP contribution in [0.3, 0.4) is 0 Å². The summed E-state index contributed by atoms with van der Waals surface area (Å²) in [5.74, 6) is -0.443. The minimum absolute atomic E-state index is 0.106. The molecule has 4 rings (SSSR count). The van der Waals surface area contributed by atoms with E-state index < -0.39 is 11.8 Å². The molecule has 126 valence electrons. The largest absolute Gasteiger partial charge is 0.436 e. The number of nitrogens with two attached hydrogens (primary N) is 1. The standard InChI is InChI=1S/C19H17N3O3/c1-11-4-2-3-5-14(11)19-21-15-9-13(6-7-16(15)25-19)22-10-12(18(20)24)8-17(22)23/h2-7,9,12H,8,10H2,1H3,(H2,20,24)/t12-/m0/s1. The second-order valence-corrected chi connectivity index (χ2v) is 6.29. The number of rotatable bonds is 3. The first-order valence-electron chi connectivity index (χ1n) is 8.09. The minimum atomic E-state index is -0.444. The Balaban J connectivity index is 1.71. The van der Waals surface area contributed by atoms with Crippen LogP contribution >= 0.6 is 0 Å². The normalized spacial score (nSPS) is 17.4. The first kappa shape index (κ1) is 15.4. The molecule has 6 heteroatoms. The van der Waals surface area contributed by atoms with Gasteiger partial charge in [-0.25, -0.2) is 4.98 Å². The van der Waals surface area contributed by atoms with Crippen molar-refractivity contribution in [1.29, 1.82) is 0 Å². The summed E-state index contributed by atoms with van der Waals surface area (Å²) >= 11 is 0. The molecule has 1 fully saturated rings. The van der Waals surface area contributed by atoms with Gasteiger partial charge in [-0.15, -0.1) is 0 Å². The molecule has 1 saturated heterocycles. The van der Waals surface area contributed by atoms with Gasteiger partial charge in [-0.05, 0) is 36.8 Å². The highest BCUT2D eigenvalue weighted by Crippen LogP contribution is 2.31. The molecule has 1 aliphatic heterocycles. The lowest BCUT2D eigenvalue weighted by molar-refractivity contribution is -0.123. The molecule has 2 heterocycles. The fourth-order valence-electron chi connectivity index (χ4n) is 3.16. The lowest BCUT2D eigenvalue weighted by atomic mass is 10.1. The summed E-state index contributed by atoms with van der Waals surface area (Å²) in [5.41, 5.74) is 9.37. The Labute approximate surface area is 144 Å². The number of amides is 2. The molecule has 2 amide bonds. The molecule has 1 aliphatic rings. The molecule has 0 aliphatic carbocycles. The van der Waals surface area contributed by atoms with E-state index >= 15 is 0 Å². The fraction of sp³-hybridized carbons (Fsp3) is 0.211. The lowest BCUT2D eigenvalue weighted by Gasteiger charge is -2.15. The molecule has 1 aromatic heterocycles. The molecule has 2 N–H and O–H groups in total. The number of fused-ring (bicyclic) bond motifs is 1. The third kappa shape index (κ3) is 2.65. The van der Waals surface area contributed by atoms with Gasteiger partial charge in [0.25, 0.3) is 0 Å². The maximum atomic E-state index is 12.2. The molecule has 0 saturated carbocycles. The third-order valence-electron chi connectivity index (χ3n) is 4.59. The summed E-state index contributed by atoms with van der Waals surface area (Å²) in [4.78, 5) is 29.7. The van der Waals surface area contributed by atoms with Crippen molar-refractivity contribution in [3.05, 3.63) is 48.0 Å². The Morgan fingerprint density at radius 3 is 2.80 bits per heavy atom. The SMILES string of the molecule is Cc1ccccc1-c1nc2cc(N3C[C@@H](C(N)=O)CC3=O)ccc2o1. The monoisotopic (exact) mass is 335 g/mol. The molecular weight excluding hydrogens is 318 g/mol. The van der Waals surface area contributed by atoms with Crippen LogP contribution in [0.15, 0.2) is 46.9 Å². The van der Waals surface area contributed by atoms with E-state index in [-0.39, 0.29) is 12.3 Å². The van der Waals surface area contributed by atoms with Gasteiger partial charge in [0.2, 0.25) is 17.7 Å². The number of anilines is 1. The number of hydrogen-bond donors (Lipinski definition) is 1. The Morgan fingerprint density at radius 2 is 2.08 bits per heavy atom. The quantitative estimate of drug-likeness (QED) is 0.797. The zero-order valence-electron chi connectivity index (χ0n) is 13.7. The Hall–Kier alpha value is -3.15. The van der Waals surface area contributed by atoms with Crippen LogP contribution < -0.4 is 10.6 Å². The molecule has 0 spiro atoms. The highest BCUT2D eigenvalue weighted by molar-refractivity contribution is 6.01.